The van der Waals surface area contributed by atoms with Crippen LogP contribution in [0.4, 0.5) is 0 Å². The van der Waals surface area contributed by atoms with Crippen molar-refractivity contribution in [3.63, 3.8) is 0 Å². The molecule has 0 spiro atoms. The average molecular weight is 408 g/mol. The third-order valence-electron chi connectivity index (χ3n) is 4.58. The molecule has 3 heterocycles. The SMILES string of the molecule is COc1ccc(C(NC(=O)c2nc(-c3ccco3)sc2C)c2nccn2C)cc1. The highest BCUT2D eigenvalue weighted by molar-refractivity contribution is 7.15. The first-order valence-corrected chi connectivity index (χ1v) is 9.82. The van der Waals surface area contributed by atoms with E-state index in [0.29, 0.717) is 16.5 Å². The van der Waals surface area contributed by atoms with Crippen LogP contribution in [0.5, 0.6) is 5.75 Å². The molecule has 0 saturated heterocycles. The summed E-state index contributed by atoms with van der Waals surface area (Å²) in [4.78, 5) is 22.9. The molecule has 1 N–H and O–H groups in total. The van der Waals surface area contributed by atoms with Gasteiger partial charge >= 0.3 is 0 Å². The highest BCUT2D eigenvalue weighted by Crippen LogP contribution is 2.29. The Labute approximate surface area is 172 Å². The number of rotatable bonds is 6. The van der Waals surface area contributed by atoms with Gasteiger partial charge in [-0.1, -0.05) is 12.1 Å². The molecule has 1 aromatic carbocycles. The molecule has 29 heavy (non-hydrogen) atoms. The maximum Gasteiger partial charge on any atom is 0.271 e. The smallest absolute Gasteiger partial charge is 0.271 e. The second-order valence-electron chi connectivity index (χ2n) is 6.48. The van der Waals surface area contributed by atoms with Crippen LogP contribution in [-0.4, -0.2) is 27.6 Å². The van der Waals surface area contributed by atoms with Crippen LogP contribution >= 0.6 is 11.3 Å². The zero-order chi connectivity index (χ0) is 20.4. The number of aryl methyl sites for hydroxylation is 2. The molecule has 0 bridgehead atoms. The van der Waals surface area contributed by atoms with E-state index in [9.17, 15) is 4.79 Å². The Morgan fingerprint density at radius 3 is 2.69 bits per heavy atom. The molecule has 7 nitrogen and oxygen atoms in total. The van der Waals surface area contributed by atoms with Gasteiger partial charge in [0, 0.05) is 24.3 Å². The molecule has 1 unspecified atom stereocenters. The number of imidazole rings is 1. The van der Waals surface area contributed by atoms with E-state index in [2.05, 4.69) is 15.3 Å². The summed E-state index contributed by atoms with van der Waals surface area (Å²) in [7, 11) is 3.52. The fourth-order valence-electron chi connectivity index (χ4n) is 3.06. The van der Waals surface area contributed by atoms with Gasteiger partial charge < -0.3 is 19.0 Å². The number of nitrogens with one attached hydrogen (secondary N) is 1. The molecule has 4 aromatic rings. The second-order valence-corrected chi connectivity index (χ2v) is 7.68. The first-order valence-electron chi connectivity index (χ1n) is 9.00. The Hall–Kier alpha value is -3.39. The van der Waals surface area contributed by atoms with E-state index in [1.54, 1.807) is 25.6 Å². The second kappa shape index (κ2) is 7.92. The van der Waals surface area contributed by atoms with Crippen molar-refractivity contribution in [3.05, 3.63) is 77.0 Å². The van der Waals surface area contributed by atoms with Gasteiger partial charge in [-0.2, -0.15) is 0 Å². The van der Waals surface area contributed by atoms with Gasteiger partial charge in [0.2, 0.25) is 0 Å². The molecule has 3 aromatic heterocycles. The minimum absolute atomic E-state index is 0.264. The van der Waals surface area contributed by atoms with E-state index in [1.165, 1.54) is 11.3 Å². The quantitative estimate of drug-likeness (QED) is 0.522. The van der Waals surface area contributed by atoms with Crippen molar-refractivity contribution < 1.29 is 13.9 Å². The van der Waals surface area contributed by atoms with Gasteiger partial charge in [-0.15, -0.1) is 11.3 Å². The normalized spacial score (nSPS) is 12.0. The standard InChI is InChI=1S/C21H20N4O3S/c1-13-17(24-21(29-13)16-5-4-12-28-16)20(26)23-18(19-22-10-11-25(19)2)14-6-8-15(27-3)9-7-14/h4-12,18H,1-3H3,(H,23,26). The average Bonchev–Trinajstić information content (AvgIpc) is 3.47. The van der Waals surface area contributed by atoms with E-state index in [4.69, 9.17) is 9.15 Å². The Balaban J connectivity index is 1.66. The molecule has 0 aliphatic rings. The summed E-state index contributed by atoms with van der Waals surface area (Å²) in [6.45, 7) is 1.88. The van der Waals surface area contributed by atoms with E-state index < -0.39 is 6.04 Å². The van der Waals surface area contributed by atoms with Gasteiger partial charge in [0.25, 0.3) is 5.91 Å². The molecule has 1 amide bonds. The summed E-state index contributed by atoms with van der Waals surface area (Å²) in [6.07, 6.45) is 5.15. The predicted molar refractivity (Wildman–Crippen MR) is 110 cm³/mol. The minimum atomic E-state index is -0.429. The monoisotopic (exact) mass is 408 g/mol. The Bertz CT molecular complexity index is 1110. The summed E-state index contributed by atoms with van der Waals surface area (Å²) in [5.41, 5.74) is 1.28. The van der Waals surface area contributed by atoms with Crippen molar-refractivity contribution in [2.24, 2.45) is 7.05 Å². The van der Waals surface area contributed by atoms with Crippen LogP contribution in [0.2, 0.25) is 0 Å². The Kier molecular flexibility index (Phi) is 5.18. The number of methoxy groups -OCH3 is 1. The lowest BCUT2D eigenvalue weighted by Crippen LogP contribution is -2.31. The van der Waals surface area contributed by atoms with Gasteiger partial charge in [0.15, 0.2) is 10.8 Å². The third-order valence-corrected chi connectivity index (χ3v) is 5.57. The molecule has 0 fully saturated rings. The maximum atomic E-state index is 13.1. The van der Waals surface area contributed by atoms with Crippen molar-refractivity contribution in [2.45, 2.75) is 13.0 Å². The Morgan fingerprint density at radius 1 is 1.28 bits per heavy atom. The summed E-state index contributed by atoms with van der Waals surface area (Å²) < 4.78 is 12.5. The highest BCUT2D eigenvalue weighted by atomic mass is 32.1. The molecular weight excluding hydrogens is 388 g/mol. The summed E-state index contributed by atoms with van der Waals surface area (Å²) in [6, 6.07) is 10.8. The number of aromatic nitrogens is 3. The van der Waals surface area contributed by atoms with Crippen LogP contribution in [0, 0.1) is 6.92 Å². The van der Waals surface area contributed by atoms with Crippen molar-refractivity contribution >= 4 is 17.2 Å². The Morgan fingerprint density at radius 2 is 2.07 bits per heavy atom. The minimum Gasteiger partial charge on any atom is -0.497 e. The molecule has 0 saturated carbocycles. The fourth-order valence-corrected chi connectivity index (χ4v) is 3.94. The number of carbonyl (C=O) groups excluding carboxylic acids is 1. The van der Waals surface area contributed by atoms with Gasteiger partial charge in [-0.05, 0) is 36.8 Å². The number of ether oxygens (including phenoxy) is 1. The molecule has 0 aliphatic heterocycles. The predicted octanol–water partition coefficient (Wildman–Crippen LogP) is 3.97. The van der Waals surface area contributed by atoms with Crippen LogP contribution in [0.15, 0.2) is 59.5 Å². The van der Waals surface area contributed by atoms with Crippen LogP contribution in [0.3, 0.4) is 0 Å². The van der Waals surface area contributed by atoms with Crippen LogP contribution in [-0.2, 0) is 7.05 Å². The first-order chi connectivity index (χ1) is 14.1. The molecule has 0 radical (unpaired) electrons. The molecule has 8 heteroatoms. The number of benzene rings is 1. The lowest BCUT2D eigenvalue weighted by Gasteiger charge is -2.19. The van der Waals surface area contributed by atoms with E-state index in [1.807, 2.05) is 55.1 Å². The van der Waals surface area contributed by atoms with Crippen molar-refractivity contribution in [1.29, 1.82) is 0 Å². The summed E-state index contributed by atoms with van der Waals surface area (Å²) in [5.74, 6) is 1.85. The molecule has 148 valence electrons. The highest BCUT2D eigenvalue weighted by Gasteiger charge is 2.24. The van der Waals surface area contributed by atoms with E-state index in [-0.39, 0.29) is 5.91 Å². The van der Waals surface area contributed by atoms with Crippen molar-refractivity contribution in [1.82, 2.24) is 19.9 Å². The lowest BCUT2D eigenvalue weighted by atomic mass is 10.1. The number of carbonyl (C=O) groups is 1. The van der Waals surface area contributed by atoms with Gasteiger partial charge in [-0.3, -0.25) is 4.79 Å². The zero-order valence-electron chi connectivity index (χ0n) is 16.2. The molecule has 4 rings (SSSR count). The van der Waals surface area contributed by atoms with E-state index in [0.717, 1.165) is 22.0 Å². The van der Waals surface area contributed by atoms with Crippen LogP contribution in [0.1, 0.15) is 32.8 Å². The van der Waals surface area contributed by atoms with Crippen LogP contribution in [0.25, 0.3) is 10.8 Å². The first kappa shape index (κ1) is 18.9. The summed E-state index contributed by atoms with van der Waals surface area (Å²) >= 11 is 1.43. The largest absolute Gasteiger partial charge is 0.497 e. The van der Waals surface area contributed by atoms with Crippen LogP contribution < -0.4 is 10.1 Å². The molecular formula is C21H20N4O3S. The number of furan rings is 1. The number of nitrogens with zero attached hydrogens (tertiary/aromatic N) is 3. The zero-order valence-corrected chi connectivity index (χ0v) is 17.1. The fraction of sp³-hybridized carbons (Fsp3) is 0.190. The van der Waals surface area contributed by atoms with Gasteiger partial charge in [0.05, 0.1) is 13.4 Å². The van der Waals surface area contributed by atoms with Gasteiger partial charge in [0.1, 0.15) is 23.3 Å². The number of hydrogen-bond donors (Lipinski definition) is 1. The molecule has 0 aliphatic carbocycles. The number of amides is 1. The maximum absolute atomic E-state index is 13.1. The lowest BCUT2D eigenvalue weighted by molar-refractivity contribution is 0.0936. The number of thiazole rings is 1. The van der Waals surface area contributed by atoms with Crippen molar-refractivity contribution in [3.8, 4) is 16.5 Å². The van der Waals surface area contributed by atoms with E-state index >= 15 is 0 Å². The topological polar surface area (TPSA) is 82.2 Å². The summed E-state index contributed by atoms with van der Waals surface area (Å²) in [5, 5.41) is 3.76. The van der Waals surface area contributed by atoms with Gasteiger partial charge in [-0.25, -0.2) is 9.97 Å². The third kappa shape index (κ3) is 3.79. The van der Waals surface area contributed by atoms with Crippen molar-refractivity contribution in [2.75, 3.05) is 7.11 Å². The number of hydrogen-bond acceptors (Lipinski definition) is 6. The molecule has 1 atom stereocenters.